The van der Waals surface area contributed by atoms with Crippen LogP contribution in [0, 0.1) is 5.92 Å². The number of nitrogens with one attached hydrogen (secondary N) is 2. The Balaban J connectivity index is 2.00. The van der Waals surface area contributed by atoms with Crippen LogP contribution in [-0.4, -0.2) is 18.5 Å². The Hall–Kier alpha value is -0.870. The van der Waals surface area contributed by atoms with Crippen molar-refractivity contribution >= 4 is 17.2 Å². The van der Waals surface area contributed by atoms with Gasteiger partial charge in [0.05, 0.1) is 12.1 Å². The van der Waals surface area contributed by atoms with E-state index in [0.29, 0.717) is 5.92 Å². The SMILES string of the molecule is CC(C)C(NC(=O)[C@@H]1CCCN1)c1cccs1. The van der Waals surface area contributed by atoms with Crippen molar-refractivity contribution in [1.29, 1.82) is 0 Å². The Labute approximate surface area is 107 Å². The zero-order chi connectivity index (χ0) is 12.3. The maximum absolute atomic E-state index is 12.1. The van der Waals surface area contributed by atoms with E-state index in [-0.39, 0.29) is 18.0 Å². The van der Waals surface area contributed by atoms with Gasteiger partial charge in [-0.1, -0.05) is 19.9 Å². The maximum atomic E-state index is 12.1. The van der Waals surface area contributed by atoms with Gasteiger partial charge in [0.1, 0.15) is 0 Å². The topological polar surface area (TPSA) is 41.1 Å². The molecule has 2 rings (SSSR count). The number of hydrogen-bond acceptors (Lipinski definition) is 3. The summed E-state index contributed by atoms with van der Waals surface area (Å²) in [5.41, 5.74) is 0. The first kappa shape index (κ1) is 12.6. The highest BCUT2D eigenvalue weighted by molar-refractivity contribution is 7.10. The molecule has 2 heterocycles. The van der Waals surface area contributed by atoms with Gasteiger partial charge in [0.25, 0.3) is 0 Å². The quantitative estimate of drug-likeness (QED) is 0.863. The van der Waals surface area contributed by atoms with Crippen molar-refractivity contribution in [1.82, 2.24) is 10.6 Å². The minimum absolute atomic E-state index is 0.0104. The molecule has 1 aromatic heterocycles. The number of thiophene rings is 1. The van der Waals surface area contributed by atoms with Gasteiger partial charge in [-0.15, -0.1) is 11.3 Å². The van der Waals surface area contributed by atoms with Crippen LogP contribution in [0.3, 0.4) is 0 Å². The molecule has 1 amide bonds. The van der Waals surface area contributed by atoms with Gasteiger partial charge in [-0.05, 0) is 36.8 Å². The highest BCUT2D eigenvalue weighted by Crippen LogP contribution is 2.26. The lowest BCUT2D eigenvalue weighted by Gasteiger charge is -2.23. The summed E-state index contributed by atoms with van der Waals surface area (Å²) in [6.45, 7) is 5.25. The third-order valence-corrected chi connectivity index (χ3v) is 4.15. The Morgan fingerprint density at radius 2 is 2.41 bits per heavy atom. The van der Waals surface area contributed by atoms with Crippen LogP contribution in [0.5, 0.6) is 0 Å². The van der Waals surface area contributed by atoms with Crippen LogP contribution < -0.4 is 10.6 Å². The summed E-state index contributed by atoms with van der Waals surface area (Å²) in [5.74, 6) is 0.564. The van der Waals surface area contributed by atoms with Crippen molar-refractivity contribution in [3.8, 4) is 0 Å². The van der Waals surface area contributed by atoms with Gasteiger partial charge in [-0.25, -0.2) is 0 Å². The van der Waals surface area contributed by atoms with E-state index in [1.807, 2.05) is 6.07 Å². The molecule has 4 heteroatoms. The standard InChI is InChI=1S/C13H20N2OS/c1-9(2)12(11-6-4-8-17-11)15-13(16)10-5-3-7-14-10/h4,6,8-10,12,14H,3,5,7H2,1-2H3,(H,15,16)/t10-,12?/m0/s1. The zero-order valence-corrected chi connectivity index (χ0v) is 11.2. The number of rotatable bonds is 4. The molecule has 0 saturated carbocycles. The van der Waals surface area contributed by atoms with Crippen LogP contribution >= 0.6 is 11.3 Å². The summed E-state index contributed by atoms with van der Waals surface area (Å²) in [6.07, 6.45) is 2.06. The van der Waals surface area contributed by atoms with Crippen LogP contribution in [0.2, 0.25) is 0 Å². The summed E-state index contributed by atoms with van der Waals surface area (Å²) >= 11 is 1.71. The van der Waals surface area contributed by atoms with E-state index < -0.39 is 0 Å². The van der Waals surface area contributed by atoms with Crippen LogP contribution in [0.25, 0.3) is 0 Å². The molecule has 2 atom stereocenters. The number of hydrogen-bond donors (Lipinski definition) is 2. The molecule has 1 aliphatic heterocycles. The second-order valence-electron chi connectivity index (χ2n) is 4.89. The summed E-state index contributed by atoms with van der Waals surface area (Å²) in [5, 5.41) is 8.47. The molecular formula is C13H20N2OS. The molecule has 0 bridgehead atoms. The van der Waals surface area contributed by atoms with E-state index in [4.69, 9.17) is 0 Å². The zero-order valence-electron chi connectivity index (χ0n) is 10.4. The van der Waals surface area contributed by atoms with E-state index >= 15 is 0 Å². The first-order valence-electron chi connectivity index (χ1n) is 6.25. The molecule has 0 radical (unpaired) electrons. The van der Waals surface area contributed by atoms with Crippen LogP contribution in [0.4, 0.5) is 0 Å². The van der Waals surface area contributed by atoms with Crippen molar-refractivity contribution in [2.45, 2.75) is 38.8 Å². The Morgan fingerprint density at radius 1 is 1.59 bits per heavy atom. The lowest BCUT2D eigenvalue weighted by molar-refractivity contribution is -0.123. The molecule has 1 unspecified atom stereocenters. The summed E-state index contributed by atoms with van der Waals surface area (Å²) in [4.78, 5) is 13.3. The van der Waals surface area contributed by atoms with Crippen LogP contribution in [0.1, 0.15) is 37.6 Å². The van der Waals surface area contributed by atoms with Gasteiger partial charge in [0.2, 0.25) is 5.91 Å². The van der Waals surface area contributed by atoms with Crippen molar-refractivity contribution in [2.24, 2.45) is 5.92 Å². The minimum atomic E-state index is 0.0104. The molecule has 94 valence electrons. The van der Waals surface area contributed by atoms with E-state index in [1.165, 1.54) is 4.88 Å². The average molecular weight is 252 g/mol. The highest BCUT2D eigenvalue weighted by atomic mass is 32.1. The van der Waals surface area contributed by atoms with E-state index in [2.05, 4.69) is 35.9 Å². The third-order valence-electron chi connectivity index (χ3n) is 3.19. The van der Waals surface area contributed by atoms with E-state index in [0.717, 1.165) is 19.4 Å². The first-order chi connectivity index (χ1) is 8.18. The number of amides is 1. The monoisotopic (exact) mass is 252 g/mol. The molecule has 1 fully saturated rings. The van der Waals surface area contributed by atoms with E-state index in [1.54, 1.807) is 11.3 Å². The van der Waals surface area contributed by atoms with Gasteiger partial charge in [-0.2, -0.15) is 0 Å². The second kappa shape index (κ2) is 5.65. The van der Waals surface area contributed by atoms with Gasteiger partial charge in [0, 0.05) is 4.88 Å². The molecule has 1 saturated heterocycles. The van der Waals surface area contributed by atoms with Crippen LogP contribution in [0.15, 0.2) is 17.5 Å². The van der Waals surface area contributed by atoms with Crippen LogP contribution in [-0.2, 0) is 4.79 Å². The fraction of sp³-hybridized carbons (Fsp3) is 0.615. The lowest BCUT2D eigenvalue weighted by atomic mass is 10.0. The predicted molar refractivity (Wildman–Crippen MR) is 71.1 cm³/mol. The van der Waals surface area contributed by atoms with Crippen molar-refractivity contribution in [2.75, 3.05) is 6.54 Å². The molecule has 17 heavy (non-hydrogen) atoms. The fourth-order valence-electron chi connectivity index (χ4n) is 2.20. The summed E-state index contributed by atoms with van der Waals surface area (Å²) in [7, 11) is 0. The maximum Gasteiger partial charge on any atom is 0.237 e. The Kier molecular flexibility index (Phi) is 4.18. The molecule has 0 aliphatic carbocycles. The molecule has 0 spiro atoms. The van der Waals surface area contributed by atoms with Gasteiger partial charge < -0.3 is 10.6 Å². The van der Waals surface area contributed by atoms with Gasteiger partial charge in [0.15, 0.2) is 0 Å². The van der Waals surface area contributed by atoms with Crippen molar-refractivity contribution < 1.29 is 4.79 Å². The molecular weight excluding hydrogens is 232 g/mol. The van der Waals surface area contributed by atoms with Gasteiger partial charge in [-0.3, -0.25) is 4.79 Å². The molecule has 0 aromatic carbocycles. The summed E-state index contributed by atoms with van der Waals surface area (Å²) in [6, 6.07) is 4.29. The number of carbonyl (C=O) groups is 1. The second-order valence-corrected chi connectivity index (χ2v) is 5.87. The largest absolute Gasteiger partial charge is 0.347 e. The smallest absolute Gasteiger partial charge is 0.237 e. The molecule has 2 N–H and O–H groups in total. The first-order valence-corrected chi connectivity index (χ1v) is 7.13. The normalized spacial score (nSPS) is 21.7. The minimum Gasteiger partial charge on any atom is -0.347 e. The molecule has 1 aliphatic rings. The lowest BCUT2D eigenvalue weighted by Crippen LogP contribution is -2.43. The Bertz CT molecular complexity index is 356. The van der Waals surface area contributed by atoms with Crippen molar-refractivity contribution in [3.63, 3.8) is 0 Å². The number of carbonyl (C=O) groups excluding carboxylic acids is 1. The van der Waals surface area contributed by atoms with Gasteiger partial charge >= 0.3 is 0 Å². The van der Waals surface area contributed by atoms with E-state index in [9.17, 15) is 4.79 Å². The average Bonchev–Trinajstić information content (AvgIpc) is 2.97. The third kappa shape index (κ3) is 3.07. The molecule has 3 nitrogen and oxygen atoms in total. The summed E-state index contributed by atoms with van der Waals surface area (Å²) < 4.78 is 0. The predicted octanol–water partition coefficient (Wildman–Crippen LogP) is 2.31. The fourth-order valence-corrected chi connectivity index (χ4v) is 3.15. The highest BCUT2D eigenvalue weighted by Gasteiger charge is 2.26. The van der Waals surface area contributed by atoms with Crippen molar-refractivity contribution in [3.05, 3.63) is 22.4 Å². The molecule has 1 aromatic rings. The Morgan fingerprint density at radius 3 is 2.94 bits per heavy atom.